The van der Waals surface area contributed by atoms with E-state index in [1.807, 2.05) is 7.05 Å². The van der Waals surface area contributed by atoms with E-state index in [0.29, 0.717) is 6.54 Å². The molecule has 8 N–H and O–H groups in total. The van der Waals surface area contributed by atoms with Gasteiger partial charge in [-0.1, -0.05) is 96.8 Å². The molecule has 0 heterocycles. The molecule has 0 aromatic rings. The molecule has 1 amide bonds. The summed E-state index contributed by atoms with van der Waals surface area (Å²) in [5.74, 6) is -0.532. The van der Waals surface area contributed by atoms with Crippen LogP contribution in [0.5, 0.6) is 0 Å². The fraction of sp³-hybridized carbons (Fsp3) is 0.966. The topological polar surface area (TPSA) is 234 Å². The first-order valence-electron chi connectivity index (χ1n) is 17.0. The zero-order valence-corrected chi connectivity index (χ0v) is 33.2. The van der Waals surface area contributed by atoms with Crippen molar-refractivity contribution in [2.45, 2.75) is 122 Å². The lowest BCUT2D eigenvalue weighted by atomic mass is 10.0. The van der Waals surface area contributed by atoms with E-state index in [4.69, 9.17) is 43.6 Å². The lowest BCUT2D eigenvalue weighted by Crippen LogP contribution is -3.09. The number of rotatable bonds is 33. The van der Waals surface area contributed by atoms with Crippen molar-refractivity contribution >= 4 is 28.7 Å². The minimum Gasteiger partial charge on any atom is -1.00 e. The third-order valence-electron chi connectivity index (χ3n) is 7.55. The highest BCUT2D eigenvalue weighted by atomic mass is 79.9. The van der Waals surface area contributed by atoms with Crippen molar-refractivity contribution in [3.8, 4) is 0 Å². The molecule has 0 saturated heterocycles. The highest BCUT2D eigenvalue weighted by molar-refractivity contribution is 7.52. The van der Waals surface area contributed by atoms with Gasteiger partial charge in [-0.2, -0.15) is 0 Å². The Morgan fingerprint density at radius 1 is 0.583 bits per heavy atom. The maximum atomic E-state index is 12.9. The molecular formula is C29H64BrN2O13P3. The second-order valence-corrected chi connectivity index (χ2v) is 17.5. The van der Waals surface area contributed by atoms with E-state index in [9.17, 15) is 18.5 Å². The van der Waals surface area contributed by atoms with E-state index in [2.05, 4.69) is 12.2 Å². The smallest absolute Gasteiger partial charge is 0.350 e. The molecule has 0 spiro atoms. The van der Waals surface area contributed by atoms with Gasteiger partial charge < -0.3 is 70.8 Å². The minimum atomic E-state index is -4.62. The zero-order valence-electron chi connectivity index (χ0n) is 28.9. The standard InChI is InChI=1S/C29H63N2O13P3.BrH/c1-3-4-5-6-7-8-9-10-11-12-13-14-15-16-17-18-20-31(2)21-19-28(32)30-29(22-42-25-45(33,34)35,23-43-26-46(36,37)38)24-44-27-47(39,40)41;/h3-27H2,1-2H3,(H,30,32)(H2,33,34,35)(H2,36,37,38)(H2,39,40,41);1H. The number of ether oxygens (including phenoxy) is 3. The Hall–Kier alpha value is 0.240. The second kappa shape index (κ2) is 28.8. The van der Waals surface area contributed by atoms with Crippen LogP contribution >= 0.6 is 22.8 Å². The van der Waals surface area contributed by atoms with Gasteiger partial charge >= 0.3 is 22.8 Å². The van der Waals surface area contributed by atoms with E-state index in [-0.39, 0.29) is 23.4 Å². The van der Waals surface area contributed by atoms with E-state index >= 15 is 0 Å². The summed E-state index contributed by atoms with van der Waals surface area (Å²) in [5.41, 5.74) is -1.75. The van der Waals surface area contributed by atoms with Crippen molar-refractivity contribution in [3.05, 3.63) is 0 Å². The van der Waals surface area contributed by atoms with Gasteiger partial charge in [-0.15, -0.1) is 0 Å². The van der Waals surface area contributed by atoms with Crippen LogP contribution in [-0.4, -0.2) is 99.8 Å². The van der Waals surface area contributed by atoms with Crippen LogP contribution in [0.25, 0.3) is 0 Å². The summed E-state index contributed by atoms with van der Waals surface area (Å²) in [6, 6.07) is 0. The summed E-state index contributed by atoms with van der Waals surface area (Å²) in [7, 11) is -11.9. The van der Waals surface area contributed by atoms with Gasteiger partial charge in [0.2, 0.25) is 5.91 Å². The number of hydrogen-bond acceptors (Lipinski definition) is 7. The molecule has 15 nitrogen and oxygen atoms in total. The minimum absolute atomic E-state index is 0. The first-order chi connectivity index (χ1) is 22.0. The van der Waals surface area contributed by atoms with Crippen molar-refractivity contribution in [2.24, 2.45) is 0 Å². The number of carbonyl (C=O) groups is 1. The Balaban J connectivity index is 0. The number of amides is 1. The van der Waals surface area contributed by atoms with Crippen LogP contribution in [0.3, 0.4) is 0 Å². The molecule has 290 valence electrons. The average molecular weight is 822 g/mol. The maximum Gasteiger partial charge on any atom is 0.350 e. The number of hydrogen-bond donors (Lipinski definition) is 8. The monoisotopic (exact) mass is 820 g/mol. The summed E-state index contributed by atoms with van der Waals surface area (Å²) in [5, 5.41) is 2.58. The Kier molecular flexibility index (Phi) is 30.2. The lowest BCUT2D eigenvalue weighted by Gasteiger charge is -2.34. The molecule has 0 aliphatic carbocycles. The highest BCUT2D eigenvalue weighted by Crippen LogP contribution is 2.36. The SMILES string of the molecule is CCCCCCCCCCCCCCCCCC[NH+](C)CCC(=O)NC(COCP(=O)(O)O)(COCP(=O)(O)O)COCP(=O)(O)O.[Br-]. The van der Waals surface area contributed by atoms with Gasteiger partial charge in [0.05, 0.1) is 46.4 Å². The fourth-order valence-corrected chi connectivity index (χ4v) is 6.09. The highest BCUT2D eigenvalue weighted by Gasteiger charge is 2.36. The molecule has 0 saturated carbocycles. The zero-order chi connectivity index (χ0) is 35.7. The number of nitrogens with one attached hydrogen (secondary N) is 2. The van der Waals surface area contributed by atoms with Crippen molar-refractivity contribution in [3.63, 3.8) is 0 Å². The maximum absolute atomic E-state index is 12.9. The number of quaternary nitrogens is 1. The van der Waals surface area contributed by atoms with Crippen LogP contribution in [0.15, 0.2) is 0 Å². The summed E-state index contributed by atoms with van der Waals surface area (Å²) >= 11 is 0. The normalized spacial score (nSPS) is 13.3. The molecule has 0 aromatic carbocycles. The molecule has 0 rings (SSSR count). The third kappa shape index (κ3) is 34.7. The van der Waals surface area contributed by atoms with E-state index in [1.165, 1.54) is 89.9 Å². The lowest BCUT2D eigenvalue weighted by molar-refractivity contribution is -0.879. The van der Waals surface area contributed by atoms with Crippen molar-refractivity contribution < 1.29 is 83.9 Å². The van der Waals surface area contributed by atoms with Gasteiger partial charge in [0.1, 0.15) is 24.6 Å². The average Bonchev–Trinajstić information content (AvgIpc) is 2.93. The van der Waals surface area contributed by atoms with Gasteiger partial charge in [0.25, 0.3) is 0 Å². The predicted octanol–water partition coefficient (Wildman–Crippen LogP) is 0.467. The molecule has 1 unspecified atom stereocenters. The summed E-state index contributed by atoms with van der Waals surface area (Å²) in [6.07, 6.45) is 17.5. The van der Waals surface area contributed by atoms with Gasteiger partial charge in [-0.05, 0) is 12.8 Å². The van der Waals surface area contributed by atoms with E-state index in [0.717, 1.165) is 24.3 Å². The predicted molar refractivity (Wildman–Crippen MR) is 180 cm³/mol. The van der Waals surface area contributed by atoms with E-state index < -0.39 is 73.1 Å². The van der Waals surface area contributed by atoms with Crippen molar-refractivity contribution in [2.75, 3.05) is 59.0 Å². The number of unbranched alkanes of at least 4 members (excludes halogenated alkanes) is 15. The van der Waals surface area contributed by atoms with Gasteiger partial charge in [-0.25, -0.2) is 0 Å². The van der Waals surface area contributed by atoms with Crippen LogP contribution in [-0.2, 0) is 32.7 Å². The molecule has 0 radical (unpaired) electrons. The van der Waals surface area contributed by atoms with Gasteiger partial charge in [-0.3, -0.25) is 18.5 Å². The molecule has 1 atom stereocenters. The van der Waals surface area contributed by atoms with Gasteiger partial charge in [0, 0.05) is 0 Å². The van der Waals surface area contributed by atoms with Crippen LogP contribution < -0.4 is 27.2 Å². The molecule has 0 aliphatic rings. The third-order valence-corrected chi connectivity index (χ3v) is 9.11. The number of halogens is 1. The molecular weight excluding hydrogens is 757 g/mol. The van der Waals surface area contributed by atoms with Gasteiger partial charge in [0.15, 0.2) is 0 Å². The molecule has 19 heteroatoms. The first-order valence-corrected chi connectivity index (χ1v) is 22.4. The molecule has 0 aliphatic heterocycles. The fourth-order valence-electron chi connectivity index (χ4n) is 5.10. The van der Waals surface area contributed by atoms with E-state index in [1.54, 1.807) is 0 Å². The Bertz CT molecular complexity index is 880. The van der Waals surface area contributed by atoms with Crippen LogP contribution in [0.4, 0.5) is 0 Å². The first kappa shape index (κ1) is 50.3. The quantitative estimate of drug-likeness (QED) is 0.0333. The summed E-state index contributed by atoms with van der Waals surface area (Å²) in [4.78, 5) is 68.9. The molecule has 48 heavy (non-hydrogen) atoms. The van der Waals surface area contributed by atoms with Crippen molar-refractivity contribution in [1.29, 1.82) is 0 Å². The molecule has 0 aromatic heterocycles. The van der Waals surface area contributed by atoms with Crippen LogP contribution in [0.2, 0.25) is 0 Å². The van der Waals surface area contributed by atoms with Crippen molar-refractivity contribution in [1.82, 2.24) is 5.32 Å². The van der Waals surface area contributed by atoms with Crippen LogP contribution in [0.1, 0.15) is 116 Å². The Morgan fingerprint density at radius 3 is 1.21 bits per heavy atom. The summed E-state index contributed by atoms with van der Waals surface area (Å²) < 4.78 is 49.0. The summed E-state index contributed by atoms with van der Waals surface area (Å²) in [6.45, 7) is 1.67. The largest absolute Gasteiger partial charge is 1.00 e. The second-order valence-electron chi connectivity index (χ2n) is 12.8. The Morgan fingerprint density at radius 2 is 0.896 bits per heavy atom. The molecule has 0 bridgehead atoms. The number of carbonyl (C=O) groups excluding carboxylic acids is 1. The van der Waals surface area contributed by atoms with Crippen LogP contribution in [0, 0.1) is 0 Å². The Labute approximate surface area is 297 Å². The molecule has 0 fully saturated rings.